The van der Waals surface area contributed by atoms with E-state index >= 15 is 0 Å². The van der Waals surface area contributed by atoms with E-state index in [0.29, 0.717) is 24.2 Å². The molecular formula is C31H44N8O. The minimum atomic E-state index is 0.187. The summed E-state index contributed by atoms with van der Waals surface area (Å²) in [7, 11) is 1.76. The number of amides is 1. The molecule has 2 fully saturated rings. The van der Waals surface area contributed by atoms with E-state index in [2.05, 4.69) is 92.6 Å². The third-order valence-electron chi connectivity index (χ3n) is 8.21. The van der Waals surface area contributed by atoms with Crippen LogP contribution >= 0.6 is 0 Å². The first kappa shape index (κ1) is 28.1. The number of benzene rings is 2. The van der Waals surface area contributed by atoms with Gasteiger partial charge in [0.15, 0.2) is 0 Å². The Kier molecular flexibility index (Phi) is 8.69. The summed E-state index contributed by atoms with van der Waals surface area (Å²) in [6, 6.07) is 17.6. The van der Waals surface area contributed by atoms with Crippen LogP contribution in [0.2, 0.25) is 0 Å². The lowest BCUT2D eigenvalue weighted by Gasteiger charge is -2.36. The van der Waals surface area contributed by atoms with Gasteiger partial charge in [0.1, 0.15) is 0 Å². The van der Waals surface area contributed by atoms with Crippen LogP contribution in [-0.2, 0) is 17.3 Å². The molecule has 2 saturated heterocycles. The Morgan fingerprint density at radius 1 is 0.925 bits per heavy atom. The smallest absolute Gasteiger partial charge is 0.222 e. The minimum absolute atomic E-state index is 0.187. The Balaban J connectivity index is 0.976. The Hall–Kier alpha value is -3.46. The lowest BCUT2D eigenvalue weighted by molar-refractivity contribution is -0.132. The highest BCUT2D eigenvalue weighted by atomic mass is 16.2. The van der Waals surface area contributed by atoms with Gasteiger partial charge in [0.05, 0.1) is 7.05 Å². The van der Waals surface area contributed by atoms with Gasteiger partial charge in [-0.3, -0.25) is 9.69 Å². The molecule has 0 radical (unpaired) electrons. The van der Waals surface area contributed by atoms with E-state index < -0.39 is 0 Å². The number of nitrogens with zero attached hydrogens (tertiary/aromatic N) is 7. The Labute approximate surface area is 238 Å². The highest BCUT2D eigenvalue weighted by Gasteiger charge is 2.23. The van der Waals surface area contributed by atoms with Crippen molar-refractivity contribution in [3.63, 3.8) is 0 Å². The number of rotatable bonds is 8. The van der Waals surface area contributed by atoms with E-state index in [-0.39, 0.29) is 5.41 Å². The molecule has 2 aliphatic heterocycles. The van der Waals surface area contributed by atoms with Crippen LogP contribution in [0, 0.1) is 0 Å². The van der Waals surface area contributed by atoms with E-state index in [9.17, 15) is 4.79 Å². The van der Waals surface area contributed by atoms with E-state index in [4.69, 9.17) is 0 Å². The molecule has 1 N–H and O–H groups in total. The van der Waals surface area contributed by atoms with Gasteiger partial charge in [-0.1, -0.05) is 32.9 Å². The molecule has 0 bridgehead atoms. The normalized spacial score (nSPS) is 17.3. The molecule has 0 unspecified atom stereocenters. The third-order valence-corrected chi connectivity index (χ3v) is 8.21. The molecule has 0 spiro atoms. The second-order valence-corrected chi connectivity index (χ2v) is 12.2. The van der Waals surface area contributed by atoms with Gasteiger partial charge in [0.2, 0.25) is 11.7 Å². The van der Waals surface area contributed by atoms with Crippen LogP contribution in [0.3, 0.4) is 0 Å². The summed E-state index contributed by atoms with van der Waals surface area (Å²) in [4.78, 5) is 21.4. The van der Waals surface area contributed by atoms with Crippen molar-refractivity contribution in [2.24, 2.45) is 7.05 Å². The number of hydrogen-bond acceptors (Lipinski definition) is 7. The Morgan fingerprint density at radius 3 is 2.20 bits per heavy atom. The zero-order valence-electron chi connectivity index (χ0n) is 24.5. The quantitative estimate of drug-likeness (QED) is 0.456. The average Bonchev–Trinajstić information content (AvgIpc) is 3.40. The molecule has 0 atom stereocenters. The van der Waals surface area contributed by atoms with Crippen molar-refractivity contribution in [3.8, 4) is 11.4 Å². The van der Waals surface area contributed by atoms with E-state index in [0.717, 1.165) is 76.3 Å². The molecule has 9 nitrogen and oxygen atoms in total. The summed E-state index contributed by atoms with van der Waals surface area (Å²) < 4.78 is 0. The monoisotopic (exact) mass is 544 g/mol. The Bertz CT molecular complexity index is 1230. The predicted molar refractivity (Wildman–Crippen MR) is 160 cm³/mol. The number of carbonyl (C=O) groups excluding carboxylic acids is 1. The number of likely N-dealkylation sites (tertiary alicyclic amines) is 1. The largest absolute Gasteiger partial charge is 0.382 e. The topological polar surface area (TPSA) is 82.4 Å². The van der Waals surface area contributed by atoms with Crippen LogP contribution in [0.1, 0.15) is 52.0 Å². The number of nitrogens with one attached hydrogen (secondary N) is 1. The molecule has 0 saturated carbocycles. The van der Waals surface area contributed by atoms with Crippen LogP contribution < -0.4 is 10.2 Å². The molecule has 9 heteroatoms. The molecule has 1 amide bonds. The van der Waals surface area contributed by atoms with Gasteiger partial charge in [0, 0.05) is 68.7 Å². The van der Waals surface area contributed by atoms with Gasteiger partial charge >= 0.3 is 0 Å². The number of hydrogen-bond donors (Lipinski definition) is 1. The van der Waals surface area contributed by atoms with Gasteiger partial charge in [-0.25, -0.2) is 0 Å². The van der Waals surface area contributed by atoms with Crippen LogP contribution in [0.15, 0.2) is 48.5 Å². The number of tetrazole rings is 1. The number of aromatic nitrogens is 4. The van der Waals surface area contributed by atoms with Crippen molar-refractivity contribution in [1.82, 2.24) is 30.0 Å². The summed E-state index contributed by atoms with van der Waals surface area (Å²) in [5.41, 5.74) is 4.91. The van der Waals surface area contributed by atoms with Crippen LogP contribution in [0.5, 0.6) is 0 Å². The molecule has 40 heavy (non-hydrogen) atoms. The van der Waals surface area contributed by atoms with Gasteiger partial charge < -0.3 is 15.1 Å². The zero-order chi connectivity index (χ0) is 28.1. The van der Waals surface area contributed by atoms with Crippen molar-refractivity contribution < 1.29 is 4.79 Å². The van der Waals surface area contributed by atoms with Crippen molar-refractivity contribution in [2.45, 2.75) is 57.9 Å². The van der Waals surface area contributed by atoms with E-state index in [1.54, 1.807) is 7.05 Å². The third kappa shape index (κ3) is 7.18. The number of piperazine rings is 1. The molecular weight excluding hydrogens is 500 g/mol. The summed E-state index contributed by atoms with van der Waals surface area (Å²) in [6.07, 6.45) is 3.52. The number of anilines is 2. The predicted octanol–water partition coefficient (Wildman–Crippen LogP) is 4.18. The first-order chi connectivity index (χ1) is 19.2. The molecule has 5 rings (SSSR count). The maximum absolute atomic E-state index is 12.9. The molecule has 3 aromatic rings. The molecule has 3 heterocycles. The SMILES string of the molecule is Cn1nnc(-c2ccc(NC3CCN(C(=O)CCCN4CCN(c5ccc(C(C)(C)C)cc5)CC4)CC3)cc2)n1. The Morgan fingerprint density at radius 2 is 1.60 bits per heavy atom. The molecule has 0 aliphatic carbocycles. The highest BCUT2D eigenvalue weighted by Crippen LogP contribution is 2.26. The van der Waals surface area contributed by atoms with Crippen LogP contribution in [-0.4, -0.2) is 87.8 Å². The summed E-state index contributed by atoms with van der Waals surface area (Å²) >= 11 is 0. The minimum Gasteiger partial charge on any atom is -0.382 e. The number of carbonyl (C=O) groups is 1. The van der Waals surface area contributed by atoms with Crippen LogP contribution in [0.25, 0.3) is 11.4 Å². The maximum atomic E-state index is 12.9. The molecule has 2 aliphatic rings. The summed E-state index contributed by atoms with van der Waals surface area (Å²) in [6.45, 7) is 13.6. The van der Waals surface area contributed by atoms with E-state index in [1.165, 1.54) is 16.0 Å². The lowest BCUT2D eigenvalue weighted by Crippen LogP contribution is -2.47. The average molecular weight is 545 g/mol. The molecule has 1 aromatic heterocycles. The van der Waals surface area contributed by atoms with Crippen molar-refractivity contribution in [1.29, 1.82) is 0 Å². The van der Waals surface area contributed by atoms with Crippen molar-refractivity contribution in [3.05, 3.63) is 54.1 Å². The second-order valence-electron chi connectivity index (χ2n) is 12.2. The zero-order valence-corrected chi connectivity index (χ0v) is 24.5. The van der Waals surface area contributed by atoms with Crippen LogP contribution in [0.4, 0.5) is 11.4 Å². The summed E-state index contributed by atoms with van der Waals surface area (Å²) in [5, 5.41) is 15.8. The first-order valence-electron chi connectivity index (χ1n) is 14.7. The number of aryl methyl sites for hydroxylation is 1. The fraction of sp³-hybridized carbons (Fsp3) is 0.548. The molecule has 214 valence electrons. The van der Waals surface area contributed by atoms with Crippen molar-refractivity contribution in [2.75, 3.05) is 56.0 Å². The summed E-state index contributed by atoms with van der Waals surface area (Å²) in [5.74, 6) is 0.932. The highest BCUT2D eigenvalue weighted by molar-refractivity contribution is 5.76. The van der Waals surface area contributed by atoms with Crippen molar-refractivity contribution >= 4 is 17.3 Å². The number of piperidine rings is 1. The first-order valence-corrected chi connectivity index (χ1v) is 14.7. The van der Waals surface area contributed by atoms with E-state index in [1.807, 2.05) is 12.1 Å². The standard InChI is InChI=1S/C31H44N8O/c1-31(2,3)25-9-13-28(14-10-25)38-22-20-37(21-23-38)17-5-6-29(40)39-18-15-27(16-19-39)32-26-11-7-24(8-12-26)30-33-35-36(4)34-30/h7-14,27,32H,5-6,15-23H2,1-4H3. The van der Waals surface area contributed by atoms with Gasteiger partial charge in [0.25, 0.3) is 0 Å². The van der Waals surface area contributed by atoms with Gasteiger partial charge in [-0.05, 0) is 78.4 Å². The lowest BCUT2D eigenvalue weighted by atomic mass is 9.87. The maximum Gasteiger partial charge on any atom is 0.222 e. The fourth-order valence-electron chi connectivity index (χ4n) is 5.64. The fourth-order valence-corrected chi connectivity index (χ4v) is 5.64. The second kappa shape index (κ2) is 12.4. The van der Waals surface area contributed by atoms with Gasteiger partial charge in [-0.15, -0.1) is 10.2 Å². The van der Waals surface area contributed by atoms with Gasteiger partial charge in [-0.2, -0.15) is 4.80 Å². The molecule has 2 aromatic carbocycles.